The fraction of sp³-hybridized carbons (Fsp3) is 0.444. The first-order valence-corrected chi connectivity index (χ1v) is 8.04. The van der Waals surface area contributed by atoms with Gasteiger partial charge < -0.3 is 15.0 Å². The maximum absolute atomic E-state index is 12.3. The van der Waals surface area contributed by atoms with E-state index in [2.05, 4.69) is 11.9 Å². The highest BCUT2D eigenvalue weighted by Gasteiger charge is 2.23. The summed E-state index contributed by atoms with van der Waals surface area (Å²) in [6.07, 6.45) is 4.92. The summed E-state index contributed by atoms with van der Waals surface area (Å²) in [6, 6.07) is 6.83. The van der Waals surface area contributed by atoms with Crippen LogP contribution in [0.1, 0.15) is 31.7 Å². The Morgan fingerprint density at radius 3 is 2.70 bits per heavy atom. The van der Waals surface area contributed by atoms with Gasteiger partial charge in [-0.1, -0.05) is 30.9 Å². The van der Waals surface area contributed by atoms with Gasteiger partial charge in [-0.15, -0.1) is 0 Å². The van der Waals surface area contributed by atoms with Crippen molar-refractivity contribution in [3.63, 3.8) is 0 Å². The Labute approximate surface area is 137 Å². The maximum Gasteiger partial charge on any atom is 0.258 e. The standard InChI is InChI=1S/C18H24N2O3/c1-3-15-9-5-6-10-16(15)23-13-17(21)19-14(2)18(22)20-11-7-4-8-12-20/h3,5-6,9-10,14H,1,4,7-8,11-13H2,2H3,(H,19,21). The van der Waals surface area contributed by atoms with Gasteiger partial charge in [-0.2, -0.15) is 0 Å². The molecule has 0 saturated carbocycles. The summed E-state index contributed by atoms with van der Waals surface area (Å²) in [4.78, 5) is 26.1. The van der Waals surface area contributed by atoms with Crippen LogP contribution in [0.15, 0.2) is 30.8 Å². The van der Waals surface area contributed by atoms with Crippen LogP contribution in [0.25, 0.3) is 6.08 Å². The normalized spacial score (nSPS) is 15.6. The largest absolute Gasteiger partial charge is 0.483 e. The molecule has 1 aromatic rings. The van der Waals surface area contributed by atoms with Crippen molar-refractivity contribution < 1.29 is 14.3 Å². The maximum atomic E-state index is 12.3. The quantitative estimate of drug-likeness (QED) is 0.875. The summed E-state index contributed by atoms with van der Waals surface area (Å²) in [5.41, 5.74) is 0.831. The van der Waals surface area contributed by atoms with E-state index in [0.29, 0.717) is 5.75 Å². The first-order valence-electron chi connectivity index (χ1n) is 8.04. The molecule has 2 rings (SSSR count). The minimum Gasteiger partial charge on any atom is -0.483 e. The van der Waals surface area contributed by atoms with Gasteiger partial charge in [0.2, 0.25) is 5.91 Å². The van der Waals surface area contributed by atoms with E-state index in [1.807, 2.05) is 23.1 Å². The van der Waals surface area contributed by atoms with Crippen molar-refractivity contribution >= 4 is 17.9 Å². The van der Waals surface area contributed by atoms with Crippen LogP contribution in [0.5, 0.6) is 5.75 Å². The van der Waals surface area contributed by atoms with Crippen molar-refractivity contribution in [3.8, 4) is 5.75 Å². The van der Waals surface area contributed by atoms with Crippen LogP contribution in [-0.2, 0) is 9.59 Å². The summed E-state index contributed by atoms with van der Waals surface area (Å²) >= 11 is 0. The number of hydrogen-bond acceptors (Lipinski definition) is 3. The van der Waals surface area contributed by atoms with E-state index in [4.69, 9.17) is 4.74 Å². The average Bonchev–Trinajstić information content (AvgIpc) is 2.60. The Morgan fingerprint density at radius 1 is 1.30 bits per heavy atom. The van der Waals surface area contributed by atoms with Gasteiger partial charge in [0.05, 0.1) is 0 Å². The number of rotatable bonds is 6. The smallest absolute Gasteiger partial charge is 0.258 e. The van der Waals surface area contributed by atoms with Crippen LogP contribution in [0.4, 0.5) is 0 Å². The molecule has 5 nitrogen and oxygen atoms in total. The van der Waals surface area contributed by atoms with E-state index in [1.165, 1.54) is 6.42 Å². The van der Waals surface area contributed by atoms with E-state index < -0.39 is 6.04 Å². The lowest BCUT2D eigenvalue weighted by Crippen LogP contribution is -2.49. The minimum absolute atomic E-state index is 0.0236. The van der Waals surface area contributed by atoms with Gasteiger partial charge in [-0.25, -0.2) is 0 Å². The van der Waals surface area contributed by atoms with Gasteiger partial charge in [-0.3, -0.25) is 9.59 Å². The molecule has 1 heterocycles. The van der Waals surface area contributed by atoms with Crippen molar-refractivity contribution in [2.45, 2.75) is 32.2 Å². The fourth-order valence-electron chi connectivity index (χ4n) is 2.66. The van der Waals surface area contributed by atoms with Crippen LogP contribution in [0.3, 0.4) is 0 Å². The first kappa shape index (κ1) is 17.1. The van der Waals surface area contributed by atoms with Crippen LogP contribution < -0.4 is 10.1 Å². The second-order valence-electron chi connectivity index (χ2n) is 5.71. The molecule has 0 aliphatic carbocycles. The van der Waals surface area contributed by atoms with Gasteiger partial charge in [0.15, 0.2) is 6.61 Å². The molecule has 1 fully saturated rings. The molecule has 124 valence electrons. The molecular weight excluding hydrogens is 292 g/mol. The third-order valence-corrected chi connectivity index (χ3v) is 3.91. The number of amides is 2. The third-order valence-electron chi connectivity index (χ3n) is 3.91. The van der Waals surface area contributed by atoms with Gasteiger partial charge >= 0.3 is 0 Å². The SMILES string of the molecule is C=Cc1ccccc1OCC(=O)NC(C)C(=O)N1CCCCC1. The topological polar surface area (TPSA) is 58.6 Å². The number of carbonyl (C=O) groups excluding carboxylic acids is 2. The number of para-hydroxylation sites is 1. The molecule has 1 saturated heterocycles. The first-order chi connectivity index (χ1) is 11.1. The Morgan fingerprint density at radius 2 is 2.00 bits per heavy atom. The second kappa shape index (κ2) is 8.36. The highest BCUT2D eigenvalue weighted by atomic mass is 16.5. The molecule has 1 aliphatic rings. The fourth-order valence-corrected chi connectivity index (χ4v) is 2.66. The minimum atomic E-state index is -0.529. The number of likely N-dealkylation sites (tertiary alicyclic amines) is 1. The van der Waals surface area contributed by atoms with E-state index in [9.17, 15) is 9.59 Å². The Balaban J connectivity index is 1.81. The van der Waals surface area contributed by atoms with Gasteiger partial charge in [-0.05, 0) is 32.3 Å². The predicted molar refractivity (Wildman–Crippen MR) is 90.1 cm³/mol. The van der Waals surface area contributed by atoms with Crippen molar-refractivity contribution in [1.29, 1.82) is 0 Å². The summed E-state index contributed by atoms with van der Waals surface area (Å²) < 4.78 is 5.51. The Bertz CT molecular complexity index is 565. The lowest BCUT2D eigenvalue weighted by Gasteiger charge is -2.29. The van der Waals surface area contributed by atoms with Crippen LogP contribution in [0.2, 0.25) is 0 Å². The zero-order valence-corrected chi connectivity index (χ0v) is 13.6. The zero-order chi connectivity index (χ0) is 16.7. The summed E-state index contributed by atoms with van der Waals surface area (Å²) in [5.74, 6) is 0.277. The summed E-state index contributed by atoms with van der Waals surface area (Å²) in [6.45, 7) is 6.86. The Hall–Kier alpha value is -2.30. The summed E-state index contributed by atoms with van der Waals surface area (Å²) in [5, 5.41) is 2.70. The van der Waals surface area contributed by atoms with Crippen molar-refractivity contribution in [1.82, 2.24) is 10.2 Å². The average molecular weight is 316 g/mol. The molecule has 0 bridgehead atoms. The van der Waals surface area contributed by atoms with E-state index >= 15 is 0 Å². The van der Waals surface area contributed by atoms with E-state index in [0.717, 1.165) is 31.5 Å². The van der Waals surface area contributed by atoms with E-state index in [1.54, 1.807) is 19.1 Å². The molecule has 23 heavy (non-hydrogen) atoms. The zero-order valence-electron chi connectivity index (χ0n) is 13.6. The van der Waals surface area contributed by atoms with Gasteiger partial charge in [0.25, 0.3) is 5.91 Å². The van der Waals surface area contributed by atoms with Gasteiger partial charge in [0.1, 0.15) is 11.8 Å². The molecule has 0 spiro atoms. The number of benzene rings is 1. The molecule has 1 unspecified atom stereocenters. The highest BCUT2D eigenvalue weighted by molar-refractivity contribution is 5.87. The lowest BCUT2D eigenvalue weighted by atomic mass is 10.1. The number of hydrogen-bond donors (Lipinski definition) is 1. The summed E-state index contributed by atoms with van der Waals surface area (Å²) in [7, 11) is 0. The molecule has 1 N–H and O–H groups in total. The number of nitrogens with zero attached hydrogens (tertiary/aromatic N) is 1. The van der Waals surface area contributed by atoms with Gasteiger partial charge in [0, 0.05) is 18.7 Å². The molecule has 1 aliphatic heterocycles. The van der Waals surface area contributed by atoms with Crippen LogP contribution in [-0.4, -0.2) is 42.5 Å². The monoisotopic (exact) mass is 316 g/mol. The number of nitrogens with one attached hydrogen (secondary N) is 1. The number of ether oxygens (including phenoxy) is 1. The van der Waals surface area contributed by atoms with Crippen molar-refractivity contribution in [2.75, 3.05) is 19.7 Å². The molecule has 5 heteroatoms. The van der Waals surface area contributed by atoms with Crippen LogP contribution >= 0.6 is 0 Å². The Kier molecular flexibility index (Phi) is 6.20. The second-order valence-corrected chi connectivity index (χ2v) is 5.71. The lowest BCUT2D eigenvalue weighted by molar-refractivity contribution is -0.137. The third kappa shape index (κ3) is 4.84. The number of piperidine rings is 1. The predicted octanol–water partition coefficient (Wildman–Crippen LogP) is 2.23. The van der Waals surface area contributed by atoms with Crippen molar-refractivity contribution in [3.05, 3.63) is 36.4 Å². The molecular formula is C18H24N2O3. The number of carbonyl (C=O) groups is 2. The molecule has 0 radical (unpaired) electrons. The molecule has 1 aromatic carbocycles. The van der Waals surface area contributed by atoms with Crippen molar-refractivity contribution in [2.24, 2.45) is 0 Å². The molecule has 2 amide bonds. The van der Waals surface area contributed by atoms with E-state index in [-0.39, 0.29) is 18.4 Å². The molecule has 0 aromatic heterocycles. The molecule has 1 atom stereocenters. The van der Waals surface area contributed by atoms with Crippen LogP contribution in [0, 0.1) is 0 Å². The highest BCUT2D eigenvalue weighted by Crippen LogP contribution is 2.18.